The first-order chi connectivity index (χ1) is 12.1. The Hall–Kier alpha value is -2.15. The highest BCUT2D eigenvalue weighted by atomic mass is 16.5. The third-order valence-electron chi connectivity index (χ3n) is 4.96. The lowest BCUT2D eigenvalue weighted by Crippen LogP contribution is -2.45. The Morgan fingerprint density at radius 2 is 2.20 bits per heavy atom. The summed E-state index contributed by atoms with van der Waals surface area (Å²) in [7, 11) is 3.40. The average Bonchev–Trinajstić information content (AvgIpc) is 2.96. The van der Waals surface area contributed by atoms with Gasteiger partial charge < -0.3 is 15.0 Å². The molecule has 1 fully saturated rings. The fraction of sp³-hybridized carbons (Fsp3) is 0.611. The molecule has 0 aliphatic carbocycles. The Labute approximate surface area is 148 Å². The summed E-state index contributed by atoms with van der Waals surface area (Å²) in [5.74, 6) is 0.444. The first-order valence-corrected chi connectivity index (χ1v) is 9.03. The molecule has 1 unspecified atom stereocenters. The van der Waals surface area contributed by atoms with Crippen LogP contribution < -0.4 is 10.1 Å². The summed E-state index contributed by atoms with van der Waals surface area (Å²) in [6, 6.07) is 3.74. The van der Waals surface area contributed by atoms with Gasteiger partial charge >= 0.3 is 0 Å². The van der Waals surface area contributed by atoms with Gasteiger partial charge in [-0.2, -0.15) is 0 Å². The quantitative estimate of drug-likeness (QED) is 0.917. The predicted octanol–water partition coefficient (Wildman–Crippen LogP) is 1.97. The van der Waals surface area contributed by atoms with Gasteiger partial charge in [0.2, 0.25) is 0 Å². The maximum absolute atomic E-state index is 12.9. The topological polar surface area (TPSA) is 72.3 Å². The highest BCUT2D eigenvalue weighted by molar-refractivity contribution is 6.00. The number of carbonyl (C=O) groups excluding carboxylic acids is 1. The third kappa shape index (κ3) is 3.92. The SMILES string of the molecule is CCN1CCCCCC(NC(=O)c2cc3nnn(C)c3cc2OC)C1. The van der Waals surface area contributed by atoms with Gasteiger partial charge in [-0.15, -0.1) is 5.10 Å². The van der Waals surface area contributed by atoms with Crippen LogP contribution in [0.1, 0.15) is 43.0 Å². The van der Waals surface area contributed by atoms with Crippen LogP contribution >= 0.6 is 0 Å². The Balaban J connectivity index is 1.80. The second-order valence-corrected chi connectivity index (χ2v) is 6.67. The van der Waals surface area contributed by atoms with E-state index in [1.807, 2.05) is 13.1 Å². The standard InChI is InChI=1S/C18H27N5O2/c1-4-23-9-7-5-6-8-13(12-23)19-18(24)14-10-15-16(11-17(14)25-3)22(2)21-20-15/h10-11,13H,4-9,12H2,1-3H3,(H,19,24). The number of fused-ring (bicyclic) bond motifs is 1. The zero-order valence-corrected chi connectivity index (χ0v) is 15.3. The molecule has 7 nitrogen and oxygen atoms in total. The van der Waals surface area contributed by atoms with Gasteiger partial charge in [-0.25, -0.2) is 4.68 Å². The Morgan fingerprint density at radius 3 is 2.96 bits per heavy atom. The van der Waals surface area contributed by atoms with Gasteiger partial charge in [-0.3, -0.25) is 4.79 Å². The summed E-state index contributed by atoms with van der Waals surface area (Å²) < 4.78 is 7.11. The number of amides is 1. The van der Waals surface area contributed by atoms with Crippen molar-refractivity contribution in [1.82, 2.24) is 25.2 Å². The van der Waals surface area contributed by atoms with E-state index in [4.69, 9.17) is 4.74 Å². The normalized spacial score (nSPS) is 19.4. The molecule has 0 spiro atoms. The minimum atomic E-state index is -0.106. The molecule has 1 amide bonds. The maximum atomic E-state index is 12.9. The Kier molecular flexibility index (Phi) is 5.53. The van der Waals surface area contributed by atoms with Gasteiger partial charge in [0.25, 0.3) is 5.91 Å². The largest absolute Gasteiger partial charge is 0.496 e. The van der Waals surface area contributed by atoms with E-state index in [2.05, 4.69) is 27.5 Å². The van der Waals surface area contributed by atoms with Crippen LogP contribution in [0.4, 0.5) is 0 Å². The van der Waals surface area contributed by atoms with E-state index < -0.39 is 0 Å². The van der Waals surface area contributed by atoms with E-state index in [9.17, 15) is 4.79 Å². The van der Waals surface area contributed by atoms with Gasteiger partial charge in [0.05, 0.1) is 18.2 Å². The van der Waals surface area contributed by atoms with E-state index >= 15 is 0 Å². The third-order valence-corrected chi connectivity index (χ3v) is 4.96. The molecule has 1 aliphatic heterocycles. The van der Waals surface area contributed by atoms with Gasteiger partial charge in [-0.05, 0) is 32.0 Å². The number of benzene rings is 1. The van der Waals surface area contributed by atoms with Crippen LogP contribution in [-0.2, 0) is 7.05 Å². The van der Waals surface area contributed by atoms with Crippen molar-refractivity contribution in [3.05, 3.63) is 17.7 Å². The number of likely N-dealkylation sites (tertiary alicyclic amines) is 1. The van der Waals surface area contributed by atoms with Crippen molar-refractivity contribution >= 4 is 16.9 Å². The second-order valence-electron chi connectivity index (χ2n) is 6.67. The number of hydrogen-bond acceptors (Lipinski definition) is 5. The molecule has 2 aromatic rings. The fourth-order valence-electron chi connectivity index (χ4n) is 3.47. The minimum absolute atomic E-state index is 0.106. The van der Waals surface area contributed by atoms with Gasteiger partial charge in [0.15, 0.2) is 0 Å². The molecule has 1 N–H and O–H groups in total. The summed E-state index contributed by atoms with van der Waals surface area (Å²) in [4.78, 5) is 15.3. The molecule has 0 saturated carbocycles. The lowest BCUT2D eigenvalue weighted by molar-refractivity contribution is 0.0914. The van der Waals surface area contributed by atoms with Gasteiger partial charge in [0.1, 0.15) is 11.3 Å². The van der Waals surface area contributed by atoms with Crippen LogP contribution in [0.3, 0.4) is 0 Å². The van der Waals surface area contributed by atoms with Crippen molar-refractivity contribution in [1.29, 1.82) is 0 Å². The molecule has 1 aromatic heterocycles. The molecule has 3 rings (SSSR count). The van der Waals surface area contributed by atoms with Crippen molar-refractivity contribution in [3.63, 3.8) is 0 Å². The maximum Gasteiger partial charge on any atom is 0.255 e. The zero-order chi connectivity index (χ0) is 17.8. The Morgan fingerprint density at radius 1 is 1.36 bits per heavy atom. The summed E-state index contributed by atoms with van der Waals surface area (Å²) in [5, 5.41) is 11.3. The molecular weight excluding hydrogens is 318 g/mol. The second kappa shape index (κ2) is 7.82. The first-order valence-electron chi connectivity index (χ1n) is 9.03. The van der Waals surface area contributed by atoms with Crippen molar-refractivity contribution in [2.45, 2.75) is 38.6 Å². The van der Waals surface area contributed by atoms with Gasteiger partial charge in [0, 0.05) is 25.7 Å². The number of ether oxygens (including phenoxy) is 1. The molecule has 0 bridgehead atoms. The van der Waals surface area contributed by atoms with Crippen LogP contribution in [-0.4, -0.2) is 58.6 Å². The lowest BCUT2D eigenvalue weighted by atomic mass is 10.0. The summed E-state index contributed by atoms with van der Waals surface area (Å²) in [6.45, 7) is 5.20. The first kappa shape index (κ1) is 17.7. The highest BCUT2D eigenvalue weighted by Gasteiger charge is 2.21. The number of aryl methyl sites for hydroxylation is 1. The predicted molar refractivity (Wildman–Crippen MR) is 96.9 cm³/mol. The van der Waals surface area contributed by atoms with E-state index in [0.717, 1.165) is 38.0 Å². The molecule has 1 atom stereocenters. The molecule has 25 heavy (non-hydrogen) atoms. The number of likely N-dealkylation sites (N-methyl/N-ethyl adjacent to an activating group) is 1. The van der Waals surface area contributed by atoms with E-state index in [0.29, 0.717) is 16.8 Å². The lowest BCUT2D eigenvalue weighted by Gasteiger charge is -2.29. The number of nitrogens with one attached hydrogen (secondary N) is 1. The van der Waals surface area contributed by atoms with Crippen LogP contribution in [0, 0.1) is 0 Å². The molecule has 1 aromatic carbocycles. The fourth-order valence-corrected chi connectivity index (χ4v) is 3.47. The number of rotatable bonds is 4. The average molecular weight is 345 g/mol. The number of methoxy groups -OCH3 is 1. The van der Waals surface area contributed by atoms with E-state index in [1.54, 1.807) is 17.9 Å². The summed E-state index contributed by atoms with van der Waals surface area (Å²) in [5.41, 5.74) is 2.05. The number of carbonyl (C=O) groups is 1. The smallest absolute Gasteiger partial charge is 0.255 e. The Bertz CT molecular complexity index is 742. The monoisotopic (exact) mass is 345 g/mol. The molecule has 136 valence electrons. The molecule has 1 saturated heterocycles. The van der Waals surface area contributed by atoms with Crippen LogP contribution in [0.5, 0.6) is 5.75 Å². The summed E-state index contributed by atoms with van der Waals surface area (Å²) in [6.07, 6.45) is 4.63. The molecule has 0 radical (unpaired) electrons. The van der Waals surface area contributed by atoms with Crippen molar-refractivity contribution in [2.75, 3.05) is 26.7 Å². The zero-order valence-electron chi connectivity index (χ0n) is 15.3. The number of hydrogen-bond donors (Lipinski definition) is 1. The number of nitrogens with zero attached hydrogens (tertiary/aromatic N) is 4. The van der Waals surface area contributed by atoms with Gasteiger partial charge in [-0.1, -0.05) is 25.0 Å². The van der Waals surface area contributed by atoms with Crippen molar-refractivity contribution in [2.24, 2.45) is 7.05 Å². The van der Waals surface area contributed by atoms with Crippen LogP contribution in [0.25, 0.3) is 11.0 Å². The molecule has 1 aliphatic rings. The molecular formula is C18H27N5O2. The van der Waals surface area contributed by atoms with E-state index in [1.165, 1.54) is 12.8 Å². The number of aromatic nitrogens is 3. The highest BCUT2D eigenvalue weighted by Crippen LogP contribution is 2.25. The van der Waals surface area contributed by atoms with Crippen molar-refractivity contribution < 1.29 is 9.53 Å². The van der Waals surface area contributed by atoms with Crippen LogP contribution in [0.15, 0.2) is 12.1 Å². The van der Waals surface area contributed by atoms with E-state index in [-0.39, 0.29) is 11.9 Å². The molecule has 2 heterocycles. The van der Waals surface area contributed by atoms with Crippen LogP contribution in [0.2, 0.25) is 0 Å². The summed E-state index contributed by atoms with van der Waals surface area (Å²) >= 11 is 0. The molecule has 7 heteroatoms. The van der Waals surface area contributed by atoms with Crippen molar-refractivity contribution in [3.8, 4) is 5.75 Å². The minimum Gasteiger partial charge on any atom is -0.496 e.